The summed E-state index contributed by atoms with van der Waals surface area (Å²) in [4.78, 5) is 0.281. The third-order valence-electron chi connectivity index (χ3n) is 2.30. The molecule has 0 radical (unpaired) electrons. The fourth-order valence-electron chi connectivity index (χ4n) is 1.46. The Morgan fingerprint density at radius 2 is 1.67 bits per heavy atom. The van der Waals surface area contributed by atoms with Gasteiger partial charge in [0.15, 0.2) is 9.84 Å². The molecule has 0 fully saturated rings. The van der Waals surface area contributed by atoms with Gasteiger partial charge in [0, 0.05) is 0 Å². The first-order valence-electron chi connectivity index (χ1n) is 4.55. The first-order chi connectivity index (χ1) is 7.13. The first kappa shape index (κ1) is 10.1. The van der Waals surface area contributed by atoms with Crippen LogP contribution in [0, 0.1) is 0 Å². The summed E-state index contributed by atoms with van der Waals surface area (Å²) in [6, 6.07) is 12.6. The number of benzene rings is 2. The van der Waals surface area contributed by atoms with E-state index in [4.69, 9.17) is 5.73 Å². The van der Waals surface area contributed by atoms with Crippen molar-refractivity contribution in [2.24, 2.45) is 5.73 Å². The molecule has 0 aromatic heterocycles. The molecule has 2 rings (SSSR count). The van der Waals surface area contributed by atoms with Gasteiger partial charge in [-0.1, -0.05) is 30.3 Å². The van der Waals surface area contributed by atoms with Gasteiger partial charge in [-0.05, 0) is 22.9 Å². The second kappa shape index (κ2) is 3.64. The molecule has 0 saturated carbocycles. The van der Waals surface area contributed by atoms with E-state index in [9.17, 15) is 8.42 Å². The molecule has 2 aromatic carbocycles. The van der Waals surface area contributed by atoms with Crippen LogP contribution in [0.1, 0.15) is 0 Å². The minimum absolute atomic E-state index is 0.281. The largest absolute Gasteiger partial charge is 0.317 e. The normalized spacial score (nSPS) is 11.8. The fraction of sp³-hybridized carbons (Fsp3) is 0.0909. The summed E-state index contributed by atoms with van der Waals surface area (Å²) in [6.07, 6.45) is 0. The van der Waals surface area contributed by atoms with Gasteiger partial charge in [0.1, 0.15) is 5.88 Å². The Bertz CT molecular complexity index is 590. The third-order valence-corrected chi connectivity index (χ3v) is 3.71. The van der Waals surface area contributed by atoms with E-state index >= 15 is 0 Å². The van der Waals surface area contributed by atoms with Crippen molar-refractivity contribution in [3.8, 4) is 0 Å². The molecule has 0 spiro atoms. The average Bonchev–Trinajstić information content (AvgIpc) is 2.28. The quantitative estimate of drug-likeness (QED) is 0.836. The molecule has 0 aliphatic rings. The maximum Gasteiger partial charge on any atom is 0.191 e. The number of hydrogen-bond acceptors (Lipinski definition) is 3. The molecule has 3 nitrogen and oxygen atoms in total. The second-order valence-electron chi connectivity index (χ2n) is 3.29. The van der Waals surface area contributed by atoms with Crippen molar-refractivity contribution in [3.63, 3.8) is 0 Å². The van der Waals surface area contributed by atoms with Crippen LogP contribution in [-0.4, -0.2) is 14.3 Å². The Morgan fingerprint density at radius 3 is 2.33 bits per heavy atom. The molecule has 15 heavy (non-hydrogen) atoms. The van der Waals surface area contributed by atoms with Crippen LogP contribution in [0.15, 0.2) is 47.4 Å². The van der Waals surface area contributed by atoms with Gasteiger partial charge in [-0.15, -0.1) is 0 Å². The molecule has 2 N–H and O–H groups in total. The highest BCUT2D eigenvalue weighted by Gasteiger charge is 2.11. The minimum Gasteiger partial charge on any atom is -0.317 e. The summed E-state index contributed by atoms with van der Waals surface area (Å²) in [5.41, 5.74) is 5.19. The summed E-state index contributed by atoms with van der Waals surface area (Å²) < 4.78 is 23.0. The van der Waals surface area contributed by atoms with Gasteiger partial charge < -0.3 is 5.73 Å². The van der Waals surface area contributed by atoms with Crippen LogP contribution in [0.5, 0.6) is 0 Å². The van der Waals surface area contributed by atoms with Crippen LogP contribution in [0.2, 0.25) is 0 Å². The second-order valence-corrected chi connectivity index (χ2v) is 5.32. The van der Waals surface area contributed by atoms with Gasteiger partial charge in [-0.3, -0.25) is 0 Å². The highest BCUT2D eigenvalue weighted by molar-refractivity contribution is 7.91. The van der Waals surface area contributed by atoms with Crippen molar-refractivity contribution in [2.75, 3.05) is 5.88 Å². The fourth-order valence-corrected chi connectivity index (χ4v) is 2.23. The molecule has 0 saturated heterocycles. The molecular formula is C11H11NO2S. The molecule has 2 aromatic rings. The van der Waals surface area contributed by atoms with Crippen LogP contribution < -0.4 is 5.73 Å². The Kier molecular flexibility index (Phi) is 2.46. The number of fused-ring (bicyclic) bond motifs is 1. The maximum absolute atomic E-state index is 11.5. The van der Waals surface area contributed by atoms with Gasteiger partial charge in [0.25, 0.3) is 0 Å². The molecule has 0 unspecified atom stereocenters. The molecule has 0 amide bonds. The molecule has 4 heteroatoms. The smallest absolute Gasteiger partial charge is 0.191 e. The lowest BCUT2D eigenvalue weighted by atomic mass is 10.1. The van der Waals surface area contributed by atoms with Crippen LogP contribution in [-0.2, 0) is 9.84 Å². The van der Waals surface area contributed by atoms with Crippen molar-refractivity contribution in [1.29, 1.82) is 0 Å². The molecule has 0 aliphatic heterocycles. The van der Waals surface area contributed by atoms with E-state index in [1.54, 1.807) is 18.2 Å². The average molecular weight is 221 g/mol. The Balaban J connectivity index is 2.67. The van der Waals surface area contributed by atoms with E-state index in [2.05, 4.69) is 0 Å². The summed E-state index contributed by atoms with van der Waals surface area (Å²) in [7, 11) is -3.31. The SMILES string of the molecule is NCS(=O)(=O)c1ccc2ccccc2c1. The van der Waals surface area contributed by atoms with Gasteiger partial charge >= 0.3 is 0 Å². The van der Waals surface area contributed by atoms with Crippen molar-refractivity contribution in [2.45, 2.75) is 4.90 Å². The first-order valence-corrected chi connectivity index (χ1v) is 6.20. The predicted molar refractivity (Wildman–Crippen MR) is 60.2 cm³/mol. The van der Waals surface area contributed by atoms with Crippen molar-refractivity contribution in [3.05, 3.63) is 42.5 Å². The lowest BCUT2D eigenvalue weighted by molar-refractivity contribution is 0.596. The summed E-state index contributed by atoms with van der Waals surface area (Å²) in [5.74, 6) is -0.356. The number of nitrogens with two attached hydrogens (primary N) is 1. The Hall–Kier alpha value is -1.39. The van der Waals surface area contributed by atoms with Gasteiger partial charge in [-0.25, -0.2) is 8.42 Å². The van der Waals surface area contributed by atoms with Crippen molar-refractivity contribution >= 4 is 20.6 Å². The van der Waals surface area contributed by atoms with Crippen LogP contribution in [0.25, 0.3) is 10.8 Å². The number of hydrogen-bond donors (Lipinski definition) is 1. The molecule has 78 valence electrons. The third kappa shape index (κ3) is 1.86. The topological polar surface area (TPSA) is 60.2 Å². The Morgan fingerprint density at radius 1 is 1.00 bits per heavy atom. The van der Waals surface area contributed by atoms with Crippen LogP contribution in [0.3, 0.4) is 0 Å². The molecular weight excluding hydrogens is 210 g/mol. The number of rotatable bonds is 2. The van der Waals surface area contributed by atoms with E-state index < -0.39 is 9.84 Å². The number of sulfone groups is 1. The predicted octanol–water partition coefficient (Wildman–Crippen LogP) is 1.53. The maximum atomic E-state index is 11.5. The van der Waals surface area contributed by atoms with Crippen molar-refractivity contribution in [1.82, 2.24) is 0 Å². The minimum atomic E-state index is -3.31. The highest BCUT2D eigenvalue weighted by Crippen LogP contribution is 2.19. The molecule has 0 bridgehead atoms. The zero-order valence-corrected chi connectivity index (χ0v) is 8.87. The highest BCUT2D eigenvalue weighted by atomic mass is 32.2. The molecule has 0 heterocycles. The summed E-state index contributed by atoms with van der Waals surface area (Å²) >= 11 is 0. The van der Waals surface area contributed by atoms with E-state index in [0.717, 1.165) is 10.8 Å². The molecule has 0 aliphatic carbocycles. The van der Waals surface area contributed by atoms with E-state index in [1.165, 1.54) is 0 Å². The standard InChI is InChI=1S/C11H11NO2S/c12-8-15(13,14)11-6-5-9-3-1-2-4-10(9)7-11/h1-7H,8,12H2. The zero-order chi connectivity index (χ0) is 10.9. The summed E-state index contributed by atoms with van der Waals surface area (Å²) in [6.45, 7) is 0. The van der Waals surface area contributed by atoms with Gasteiger partial charge in [-0.2, -0.15) is 0 Å². The van der Waals surface area contributed by atoms with Crippen LogP contribution in [0.4, 0.5) is 0 Å². The monoisotopic (exact) mass is 221 g/mol. The van der Waals surface area contributed by atoms with Gasteiger partial charge in [0.2, 0.25) is 0 Å². The van der Waals surface area contributed by atoms with E-state index in [-0.39, 0.29) is 10.8 Å². The molecule has 0 atom stereocenters. The lowest BCUT2D eigenvalue weighted by Crippen LogP contribution is -2.14. The van der Waals surface area contributed by atoms with Crippen LogP contribution >= 0.6 is 0 Å². The van der Waals surface area contributed by atoms with Gasteiger partial charge in [0.05, 0.1) is 4.90 Å². The van der Waals surface area contributed by atoms with E-state index in [0.29, 0.717) is 0 Å². The van der Waals surface area contributed by atoms with E-state index in [1.807, 2.05) is 24.3 Å². The van der Waals surface area contributed by atoms with Crippen molar-refractivity contribution < 1.29 is 8.42 Å². The summed E-state index contributed by atoms with van der Waals surface area (Å²) in [5, 5.41) is 1.93. The lowest BCUT2D eigenvalue weighted by Gasteiger charge is -2.03. The Labute approximate surface area is 88.4 Å². The zero-order valence-electron chi connectivity index (χ0n) is 8.05.